The van der Waals surface area contributed by atoms with E-state index >= 15 is 0 Å². The highest BCUT2D eigenvalue weighted by Gasteiger charge is 2.46. The van der Waals surface area contributed by atoms with Gasteiger partial charge >= 0.3 is 0 Å². The molecule has 1 rings (SSSR count). The van der Waals surface area contributed by atoms with Gasteiger partial charge in [-0.15, -0.1) is 0 Å². The molecule has 0 amide bonds. The zero-order chi connectivity index (χ0) is 10.8. The molecule has 3 N–H and O–H groups in total. The molecule has 0 aromatic heterocycles. The molecule has 14 heavy (non-hydrogen) atoms. The molecule has 1 fully saturated rings. The summed E-state index contributed by atoms with van der Waals surface area (Å²) in [5, 5.41) is 10.6. The lowest BCUT2D eigenvalue weighted by Gasteiger charge is -2.48. The quantitative estimate of drug-likeness (QED) is 0.733. The fourth-order valence-electron chi connectivity index (χ4n) is 2.88. The van der Waals surface area contributed by atoms with E-state index in [1.807, 2.05) is 0 Å². The molecule has 0 aromatic carbocycles. The monoisotopic (exact) mass is 199 g/mol. The van der Waals surface area contributed by atoms with E-state index in [2.05, 4.69) is 20.8 Å². The first-order valence-electron chi connectivity index (χ1n) is 5.98. The van der Waals surface area contributed by atoms with E-state index in [1.54, 1.807) is 0 Å². The van der Waals surface area contributed by atoms with Gasteiger partial charge in [-0.25, -0.2) is 0 Å². The molecule has 0 spiro atoms. The number of hydrogen-bond donors (Lipinski definition) is 2. The van der Waals surface area contributed by atoms with Gasteiger partial charge in [-0.05, 0) is 31.6 Å². The van der Waals surface area contributed by atoms with E-state index < -0.39 is 5.60 Å². The molecule has 0 radical (unpaired) electrons. The Morgan fingerprint density at radius 2 is 2.00 bits per heavy atom. The lowest BCUT2D eigenvalue weighted by molar-refractivity contribution is -0.0801. The Balaban J connectivity index is 2.80. The summed E-state index contributed by atoms with van der Waals surface area (Å²) in [6, 6.07) is 0. The highest BCUT2D eigenvalue weighted by molar-refractivity contribution is 5.04. The average molecular weight is 199 g/mol. The standard InChI is InChI=1S/C12H25NO/c1-4-11(13,5-2)12(14)8-6-7-10(3)9-12/h10,14H,4-9,13H2,1-3H3. The van der Waals surface area contributed by atoms with Crippen molar-refractivity contribution >= 4 is 0 Å². The minimum absolute atomic E-state index is 0.373. The van der Waals surface area contributed by atoms with Crippen molar-refractivity contribution in [1.29, 1.82) is 0 Å². The van der Waals surface area contributed by atoms with Crippen LogP contribution in [0.1, 0.15) is 59.3 Å². The summed E-state index contributed by atoms with van der Waals surface area (Å²) >= 11 is 0. The van der Waals surface area contributed by atoms with Crippen LogP contribution in [0.2, 0.25) is 0 Å². The van der Waals surface area contributed by atoms with Gasteiger partial charge < -0.3 is 10.8 Å². The van der Waals surface area contributed by atoms with Crippen molar-refractivity contribution in [3.8, 4) is 0 Å². The minimum Gasteiger partial charge on any atom is -0.388 e. The van der Waals surface area contributed by atoms with Crippen molar-refractivity contribution < 1.29 is 5.11 Å². The summed E-state index contributed by atoms with van der Waals surface area (Å²) in [6.07, 6.45) is 5.86. The van der Waals surface area contributed by atoms with E-state index in [4.69, 9.17) is 5.73 Å². The number of aliphatic hydroxyl groups is 1. The van der Waals surface area contributed by atoms with Crippen LogP contribution in [-0.4, -0.2) is 16.2 Å². The largest absolute Gasteiger partial charge is 0.388 e. The van der Waals surface area contributed by atoms with Crippen molar-refractivity contribution in [2.45, 2.75) is 70.4 Å². The second-order valence-corrected chi connectivity index (χ2v) is 5.10. The molecule has 0 bridgehead atoms. The molecule has 0 saturated heterocycles. The summed E-state index contributed by atoms with van der Waals surface area (Å²) in [5.41, 5.74) is 5.33. The average Bonchev–Trinajstić information content (AvgIpc) is 2.16. The van der Waals surface area contributed by atoms with Gasteiger partial charge in [-0.3, -0.25) is 0 Å². The molecule has 2 nitrogen and oxygen atoms in total. The van der Waals surface area contributed by atoms with E-state index in [1.165, 1.54) is 6.42 Å². The van der Waals surface area contributed by atoms with Crippen molar-refractivity contribution in [1.82, 2.24) is 0 Å². The predicted octanol–water partition coefficient (Wildman–Crippen LogP) is 2.45. The van der Waals surface area contributed by atoms with Crippen LogP contribution in [0.3, 0.4) is 0 Å². The molecule has 2 heteroatoms. The van der Waals surface area contributed by atoms with Crippen LogP contribution in [0.5, 0.6) is 0 Å². The topological polar surface area (TPSA) is 46.2 Å². The van der Waals surface area contributed by atoms with E-state index in [-0.39, 0.29) is 5.54 Å². The Kier molecular flexibility index (Phi) is 3.59. The summed E-state index contributed by atoms with van der Waals surface area (Å²) in [7, 11) is 0. The smallest absolute Gasteiger partial charge is 0.0828 e. The third-order valence-corrected chi connectivity index (χ3v) is 4.16. The molecular weight excluding hydrogens is 174 g/mol. The second kappa shape index (κ2) is 4.19. The molecule has 1 aliphatic carbocycles. The number of nitrogens with two attached hydrogens (primary N) is 1. The van der Waals surface area contributed by atoms with Crippen LogP contribution in [0, 0.1) is 5.92 Å². The molecule has 1 saturated carbocycles. The predicted molar refractivity (Wildman–Crippen MR) is 60.1 cm³/mol. The normalized spacial score (nSPS) is 34.5. The first-order valence-corrected chi connectivity index (χ1v) is 5.98. The van der Waals surface area contributed by atoms with Crippen molar-refractivity contribution in [3.63, 3.8) is 0 Å². The SMILES string of the molecule is CCC(N)(CC)C1(O)CCCC(C)C1. The summed E-state index contributed by atoms with van der Waals surface area (Å²) in [6.45, 7) is 6.39. The Labute approximate surface area is 87.9 Å². The van der Waals surface area contributed by atoms with Gasteiger partial charge in [-0.2, -0.15) is 0 Å². The maximum atomic E-state index is 10.6. The van der Waals surface area contributed by atoms with Crippen LogP contribution < -0.4 is 5.73 Å². The molecule has 1 aliphatic rings. The first kappa shape index (κ1) is 12.0. The maximum absolute atomic E-state index is 10.6. The summed E-state index contributed by atoms with van der Waals surface area (Å²) < 4.78 is 0. The molecule has 2 atom stereocenters. The molecule has 84 valence electrons. The van der Waals surface area contributed by atoms with E-state index in [0.717, 1.165) is 32.1 Å². The van der Waals surface area contributed by atoms with Crippen LogP contribution in [-0.2, 0) is 0 Å². The van der Waals surface area contributed by atoms with Gasteiger partial charge in [0.15, 0.2) is 0 Å². The summed E-state index contributed by atoms with van der Waals surface area (Å²) in [4.78, 5) is 0. The number of rotatable bonds is 3. The lowest BCUT2D eigenvalue weighted by Crippen LogP contribution is -2.61. The van der Waals surface area contributed by atoms with Crippen LogP contribution in [0.15, 0.2) is 0 Å². The van der Waals surface area contributed by atoms with E-state index in [0.29, 0.717) is 5.92 Å². The highest BCUT2D eigenvalue weighted by atomic mass is 16.3. The third-order valence-electron chi connectivity index (χ3n) is 4.16. The lowest BCUT2D eigenvalue weighted by atomic mass is 9.66. The molecule has 0 aliphatic heterocycles. The minimum atomic E-state index is -0.617. The van der Waals surface area contributed by atoms with Crippen LogP contribution >= 0.6 is 0 Å². The fraction of sp³-hybridized carbons (Fsp3) is 1.00. The Morgan fingerprint density at radius 1 is 1.43 bits per heavy atom. The fourth-order valence-corrected chi connectivity index (χ4v) is 2.88. The molecule has 0 heterocycles. The molecule has 2 unspecified atom stereocenters. The molecular formula is C12H25NO. The van der Waals surface area contributed by atoms with Gasteiger partial charge in [0, 0.05) is 5.54 Å². The van der Waals surface area contributed by atoms with Gasteiger partial charge in [0.25, 0.3) is 0 Å². The van der Waals surface area contributed by atoms with E-state index in [9.17, 15) is 5.11 Å². The van der Waals surface area contributed by atoms with Crippen LogP contribution in [0.25, 0.3) is 0 Å². The third kappa shape index (κ3) is 1.96. The summed E-state index contributed by atoms with van der Waals surface area (Å²) in [5.74, 6) is 0.620. The second-order valence-electron chi connectivity index (χ2n) is 5.10. The van der Waals surface area contributed by atoms with Gasteiger partial charge in [0.05, 0.1) is 5.60 Å². The van der Waals surface area contributed by atoms with Crippen molar-refractivity contribution in [2.24, 2.45) is 11.7 Å². The first-order chi connectivity index (χ1) is 6.47. The van der Waals surface area contributed by atoms with Gasteiger partial charge in [0.1, 0.15) is 0 Å². The van der Waals surface area contributed by atoms with Gasteiger partial charge in [0.2, 0.25) is 0 Å². The van der Waals surface area contributed by atoms with Gasteiger partial charge in [-0.1, -0.05) is 33.6 Å². The van der Waals surface area contributed by atoms with Crippen molar-refractivity contribution in [3.05, 3.63) is 0 Å². The zero-order valence-corrected chi connectivity index (χ0v) is 9.84. The van der Waals surface area contributed by atoms with Crippen LogP contribution in [0.4, 0.5) is 0 Å². The van der Waals surface area contributed by atoms with Crippen molar-refractivity contribution in [2.75, 3.05) is 0 Å². The zero-order valence-electron chi connectivity index (χ0n) is 9.84. The molecule has 0 aromatic rings. The number of hydrogen-bond acceptors (Lipinski definition) is 2. The highest BCUT2D eigenvalue weighted by Crippen LogP contribution is 2.41. The maximum Gasteiger partial charge on any atom is 0.0828 e. The Morgan fingerprint density at radius 3 is 2.43 bits per heavy atom. The Hall–Kier alpha value is -0.0800. The Bertz CT molecular complexity index is 189.